The van der Waals surface area contributed by atoms with E-state index in [0.29, 0.717) is 6.54 Å². The number of rotatable bonds is 6. The number of carbonyl (C=O) groups excluding carboxylic acids is 1. The van der Waals surface area contributed by atoms with Gasteiger partial charge in [0.05, 0.1) is 19.3 Å². The highest BCUT2D eigenvalue weighted by molar-refractivity contribution is 6.31. The zero-order valence-corrected chi connectivity index (χ0v) is 14.1. The number of morpholine rings is 1. The van der Waals surface area contributed by atoms with Crippen LogP contribution in [0.4, 0.5) is 0 Å². The topological polar surface area (TPSA) is 41.6 Å². The summed E-state index contributed by atoms with van der Waals surface area (Å²) in [4.78, 5) is 14.4. The zero-order chi connectivity index (χ0) is 15.9. The molecule has 0 saturated carbocycles. The first-order valence-electron chi connectivity index (χ1n) is 7.97. The molecule has 0 radical (unpaired) electrons. The lowest BCUT2D eigenvalue weighted by Gasteiger charge is -2.35. The van der Waals surface area contributed by atoms with Crippen molar-refractivity contribution in [1.29, 1.82) is 0 Å². The average molecular weight is 325 g/mol. The van der Waals surface area contributed by atoms with Crippen LogP contribution >= 0.6 is 11.6 Å². The van der Waals surface area contributed by atoms with Crippen molar-refractivity contribution in [3.63, 3.8) is 0 Å². The molecule has 1 aliphatic heterocycles. The van der Waals surface area contributed by atoms with Gasteiger partial charge in [0.15, 0.2) is 0 Å². The molecule has 2 atom stereocenters. The number of halogens is 1. The van der Waals surface area contributed by atoms with Crippen LogP contribution in [0.3, 0.4) is 0 Å². The number of ether oxygens (including phenoxy) is 1. The van der Waals surface area contributed by atoms with Crippen LogP contribution in [0.2, 0.25) is 5.02 Å². The van der Waals surface area contributed by atoms with Gasteiger partial charge in [0.1, 0.15) is 0 Å². The Hall–Kier alpha value is -1.10. The third kappa shape index (κ3) is 4.45. The second kappa shape index (κ2) is 8.51. The van der Waals surface area contributed by atoms with Gasteiger partial charge < -0.3 is 10.1 Å². The lowest BCUT2D eigenvalue weighted by Crippen LogP contribution is -2.44. The van der Waals surface area contributed by atoms with Crippen molar-refractivity contribution in [3.05, 3.63) is 34.9 Å². The fourth-order valence-corrected chi connectivity index (χ4v) is 2.89. The molecular formula is C17H25ClN2O2. The van der Waals surface area contributed by atoms with Gasteiger partial charge in [-0.05, 0) is 18.1 Å². The third-order valence-corrected chi connectivity index (χ3v) is 4.62. The van der Waals surface area contributed by atoms with E-state index < -0.39 is 0 Å². The molecule has 122 valence electrons. The van der Waals surface area contributed by atoms with Gasteiger partial charge in [-0.15, -0.1) is 0 Å². The maximum atomic E-state index is 12.1. The molecule has 4 nitrogen and oxygen atoms in total. The first kappa shape index (κ1) is 17.3. The molecular weight excluding hydrogens is 300 g/mol. The van der Waals surface area contributed by atoms with E-state index in [0.717, 1.165) is 43.3 Å². The van der Waals surface area contributed by atoms with Crippen LogP contribution in [0.25, 0.3) is 0 Å². The van der Waals surface area contributed by atoms with Crippen molar-refractivity contribution >= 4 is 17.5 Å². The van der Waals surface area contributed by atoms with Gasteiger partial charge in [-0.3, -0.25) is 9.69 Å². The van der Waals surface area contributed by atoms with E-state index in [1.54, 1.807) is 0 Å². The Morgan fingerprint density at radius 1 is 1.36 bits per heavy atom. The first-order chi connectivity index (χ1) is 10.6. The van der Waals surface area contributed by atoms with Gasteiger partial charge in [0.2, 0.25) is 5.91 Å². The molecule has 22 heavy (non-hydrogen) atoms. The van der Waals surface area contributed by atoms with Crippen molar-refractivity contribution in [3.8, 4) is 0 Å². The summed E-state index contributed by atoms with van der Waals surface area (Å²) in [7, 11) is 0. The Morgan fingerprint density at radius 3 is 2.68 bits per heavy atom. The Labute approximate surface area is 137 Å². The van der Waals surface area contributed by atoms with Crippen LogP contribution in [0, 0.1) is 5.92 Å². The molecule has 1 N–H and O–H groups in total. The number of benzene rings is 1. The quantitative estimate of drug-likeness (QED) is 0.875. The van der Waals surface area contributed by atoms with Crippen molar-refractivity contribution in [2.45, 2.75) is 26.3 Å². The summed E-state index contributed by atoms with van der Waals surface area (Å²) in [6.45, 7) is 7.71. The Kier molecular flexibility index (Phi) is 6.68. The van der Waals surface area contributed by atoms with Crippen molar-refractivity contribution in [2.75, 3.05) is 32.8 Å². The summed E-state index contributed by atoms with van der Waals surface area (Å²) in [6.07, 6.45) is 0.847. The second-order valence-electron chi connectivity index (χ2n) is 5.74. The summed E-state index contributed by atoms with van der Waals surface area (Å²) >= 11 is 6.37. The SMILES string of the molecule is CC[C@@H](C)C(=O)NC[C@@H](c1ccccc1Cl)N1CCOCC1. The fourth-order valence-electron chi connectivity index (χ4n) is 2.63. The molecule has 5 heteroatoms. The maximum absolute atomic E-state index is 12.1. The highest BCUT2D eigenvalue weighted by atomic mass is 35.5. The van der Waals surface area contributed by atoms with Gasteiger partial charge in [-0.1, -0.05) is 43.6 Å². The lowest BCUT2D eigenvalue weighted by atomic mass is 10.0. The van der Waals surface area contributed by atoms with E-state index in [-0.39, 0.29) is 17.9 Å². The number of hydrogen-bond acceptors (Lipinski definition) is 3. The standard InChI is InChI=1S/C17H25ClN2O2/c1-3-13(2)17(21)19-12-16(20-8-10-22-11-9-20)14-6-4-5-7-15(14)18/h4-7,13,16H,3,8-12H2,1-2H3,(H,19,21)/t13-,16+/m1/s1. The first-order valence-corrected chi connectivity index (χ1v) is 8.35. The van der Waals surface area contributed by atoms with Gasteiger partial charge in [0.25, 0.3) is 0 Å². The molecule has 0 spiro atoms. The van der Waals surface area contributed by atoms with Gasteiger partial charge in [-0.25, -0.2) is 0 Å². The van der Waals surface area contributed by atoms with Crippen LogP contribution in [0.1, 0.15) is 31.9 Å². The molecule has 1 aliphatic rings. The maximum Gasteiger partial charge on any atom is 0.222 e. The van der Waals surface area contributed by atoms with E-state index in [4.69, 9.17) is 16.3 Å². The Morgan fingerprint density at radius 2 is 2.05 bits per heavy atom. The number of hydrogen-bond donors (Lipinski definition) is 1. The number of nitrogens with one attached hydrogen (secondary N) is 1. The summed E-state index contributed by atoms with van der Waals surface area (Å²) in [6, 6.07) is 7.95. The van der Waals surface area contributed by atoms with E-state index in [2.05, 4.69) is 10.2 Å². The third-order valence-electron chi connectivity index (χ3n) is 4.28. The molecule has 1 amide bonds. The van der Waals surface area contributed by atoms with Crippen LogP contribution in [0.15, 0.2) is 24.3 Å². The summed E-state index contributed by atoms with van der Waals surface area (Å²) < 4.78 is 5.44. The zero-order valence-electron chi connectivity index (χ0n) is 13.3. The molecule has 0 aromatic heterocycles. The minimum Gasteiger partial charge on any atom is -0.379 e. The molecule has 1 aromatic rings. The van der Waals surface area contributed by atoms with Crippen LogP contribution < -0.4 is 5.32 Å². The molecule has 1 fully saturated rings. The fraction of sp³-hybridized carbons (Fsp3) is 0.588. The second-order valence-corrected chi connectivity index (χ2v) is 6.15. The van der Waals surface area contributed by atoms with Crippen molar-refractivity contribution < 1.29 is 9.53 Å². The van der Waals surface area contributed by atoms with Gasteiger partial charge >= 0.3 is 0 Å². The predicted octanol–water partition coefficient (Wildman–Crippen LogP) is 2.88. The van der Waals surface area contributed by atoms with Crippen LogP contribution in [0.5, 0.6) is 0 Å². The molecule has 0 aliphatic carbocycles. The molecule has 0 bridgehead atoms. The lowest BCUT2D eigenvalue weighted by molar-refractivity contribution is -0.124. The monoisotopic (exact) mass is 324 g/mol. The smallest absolute Gasteiger partial charge is 0.222 e. The highest BCUT2D eigenvalue weighted by Gasteiger charge is 2.25. The molecule has 1 saturated heterocycles. The number of amides is 1. The number of carbonyl (C=O) groups is 1. The van der Waals surface area contributed by atoms with E-state index in [1.165, 1.54) is 0 Å². The molecule has 1 aromatic carbocycles. The highest BCUT2D eigenvalue weighted by Crippen LogP contribution is 2.27. The molecule has 0 unspecified atom stereocenters. The largest absolute Gasteiger partial charge is 0.379 e. The summed E-state index contributed by atoms with van der Waals surface area (Å²) in [5.74, 6) is 0.143. The van der Waals surface area contributed by atoms with Gasteiger partial charge in [0, 0.05) is 30.6 Å². The minimum absolute atomic E-state index is 0.0385. The van der Waals surface area contributed by atoms with Crippen LogP contribution in [-0.2, 0) is 9.53 Å². The molecule has 1 heterocycles. The summed E-state index contributed by atoms with van der Waals surface area (Å²) in [5, 5.41) is 3.82. The Bertz CT molecular complexity index is 489. The molecule has 2 rings (SSSR count). The van der Waals surface area contributed by atoms with E-state index >= 15 is 0 Å². The van der Waals surface area contributed by atoms with E-state index in [1.807, 2.05) is 38.1 Å². The average Bonchev–Trinajstić information content (AvgIpc) is 2.56. The van der Waals surface area contributed by atoms with Gasteiger partial charge in [-0.2, -0.15) is 0 Å². The minimum atomic E-state index is 0.0385. The van der Waals surface area contributed by atoms with Crippen molar-refractivity contribution in [1.82, 2.24) is 10.2 Å². The Balaban J connectivity index is 2.11. The van der Waals surface area contributed by atoms with Crippen molar-refractivity contribution in [2.24, 2.45) is 5.92 Å². The predicted molar refractivity (Wildman–Crippen MR) is 89.0 cm³/mol. The number of nitrogens with zero attached hydrogens (tertiary/aromatic N) is 1. The van der Waals surface area contributed by atoms with E-state index in [9.17, 15) is 4.79 Å². The summed E-state index contributed by atoms with van der Waals surface area (Å²) in [5.41, 5.74) is 1.07. The van der Waals surface area contributed by atoms with Crippen LogP contribution in [-0.4, -0.2) is 43.7 Å². The normalized spacial score (nSPS) is 18.7.